The molecule has 7 nitrogen and oxygen atoms in total. The molecule has 0 unspecified atom stereocenters. The fourth-order valence-electron chi connectivity index (χ4n) is 3.84. The lowest BCUT2D eigenvalue weighted by atomic mass is 9.94. The summed E-state index contributed by atoms with van der Waals surface area (Å²) in [4.78, 5) is 28.1. The van der Waals surface area contributed by atoms with Crippen LogP contribution in [0.25, 0.3) is 5.73 Å². The van der Waals surface area contributed by atoms with Gasteiger partial charge in [0, 0.05) is 25.3 Å². The van der Waals surface area contributed by atoms with Crippen molar-refractivity contribution in [2.45, 2.75) is 46.8 Å². The number of morpholine rings is 1. The molecule has 0 bridgehead atoms. The molecule has 2 rings (SSSR count). The van der Waals surface area contributed by atoms with Crippen LogP contribution < -0.4 is 10.2 Å². The van der Waals surface area contributed by atoms with Gasteiger partial charge in [-0.2, -0.15) is 13.2 Å². The van der Waals surface area contributed by atoms with Crippen molar-refractivity contribution < 1.29 is 27.5 Å². The molecule has 1 aliphatic heterocycles. The van der Waals surface area contributed by atoms with E-state index in [4.69, 9.17) is 10.5 Å². The van der Waals surface area contributed by atoms with E-state index in [1.807, 2.05) is 39.5 Å². The largest absolute Gasteiger partial charge is 0.676 e. The summed E-state index contributed by atoms with van der Waals surface area (Å²) in [6.45, 7) is 10.9. The van der Waals surface area contributed by atoms with Crippen LogP contribution >= 0.6 is 0 Å². The predicted octanol–water partition coefficient (Wildman–Crippen LogP) is 4.43. The summed E-state index contributed by atoms with van der Waals surface area (Å²) in [5.74, 6) is -0.834. The van der Waals surface area contributed by atoms with E-state index in [2.05, 4.69) is 5.32 Å². The zero-order valence-corrected chi connectivity index (χ0v) is 19.9. The molecule has 0 radical (unpaired) electrons. The maximum Gasteiger partial charge on any atom is 0.418 e. The summed E-state index contributed by atoms with van der Waals surface area (Å²) in [5, 5.41) is 2.56. The van der Waals surface area contributed by atoms with Crippen molar-refractivity contribution in [3.05, 3.63) is 29.5 Å². The molecule has 2 N–H and O–H groups in total. The first kappa shape index (κ1) is 27.1. The fraction of sp³-hybridized carbons (Fsp3) is 0.652. The van der Waals surface area contributed by atoms with Crippen molar-refractivity contribution in [1.29, 1.82) is 0 Å². The molecule has 0 aliphatic carbocycles. The Labute approximate surface area is 193 Å². The molecule has 2 amide bonds. The zero-order valence-electron chi connectivity index (χ0n) is 19.9. The van der Waals surface area contributed by atoms with Gasteiger partial charge in [0.05, 0.1) is 23.9 Å². The Kier molecular flexibility index (Phi) is 8.89. The molecule has 0 saturated carbocycles. The van der Waals surface area contributed by atoms with Crippen LogP contribution in [0, 0.1) is 11.3 Å². The first-order valence-electron chi connectivity index (χ1n) is 11.0. The first-order chi connectivity index (χ1) is 15.2. The fourth-order valence-corrected chi connectivity index (χ4v) is 3.84. The van der Waals surface area contributed by atoms with E-state index in [0.717, 1.165) is 11.0 Å². The number of anilines is 2. The van der Waals surface area contributed by atoms with Gasteiger partial charge < -0.3 is 20.7 Å². The molecule has 0 spiro atoms. The average Bonchev–Trinajstić information content (AvgIpc) is 2.66. The number of benzene rings is 1. The number of amides is 2. The quantitative estimate of drug-likeness (QED) is 0.608. The molecule has 1 saturated heterocycles. The predicted molar refractivity (Wildman–Crippen MR) is 122 cm³/mol. The summed E-state index contributed by atoms with van der Waals surface area (Å²) in [5.41, 5.74) is 6.50. The minimum atomic E-state index is -4.72. The molecule has 1 heterocycles. The van der Waals surface area contributed by atoms with Crippen LogP contribution in [0.2, 0.25) is 0 Å². The second kappa shape index (κ2) is 10.8. The highest BCUT2D eigenvalue weighted by atomic mass is 19.4. The third kappa shape index (κ3) is 7.68. The first-order valence-corrected chi connectivity index (χ1v) is 11.0. The standard InChI is InChI=1S/C23H34F3N4O3/c1-15(2)12-29(14-22(3,4)5)19(11-27)21(32)28-16-6-7-18(17(10-16)23(24,25)26)30-8-9-33-13-20(30)31/h6-7,10,15,19,27H,8-9,11-14H2,1-5H3,(H,28,32)/q-1/t19-/m0/s1. The van der Waals surface area contributed by atoms with Gasteiger partial charge in [0.15, 0.2) is 0 Å². The second-order valence-electron chi connectivity index (χ2n) is 9.92. The number of carbonyl (C=O) groups is 2. The highest BCUT2D eigenvalue weighted by Crippen LogP contribution is 2.39. The molecule has 1 fully saturated rings. The van der Waals surface area contributed by atoms with Gasteiger partial charge in [-0.15, -0.1) is 6.54 Å². The van der Waals surface area contributed by atoms with Crippen LogP contribution in [-0.4, -0.2) is 62.1 Å². The molecular weight excluding hydrogens is 437 g/mol. The number of hydrogen-bond acceptors (Lipinski definition) is 4. The summed E-state index contributed by atoms with van der Waals surface area (Å²) >= 11 is 0. The Balaban J connectivity index is 2.32. The molecule has 33 heavy (non-hydrogen) atoms. The molecule has 1 aromatic carbocycles. The number of carbonyl (C=O) groups excluding carboxylic acids is 2. The van der Waals surface area contributed by atoms with Gasteiger partial charge in [0.1, 0.15) is 6.61 Å². The van der Waals surface area contributed by atoms with E-state index in [1.54, 1.807) is 0 Å². The van der Waals surface area contributed by atoms with Crippen molar-refractivity contribution in [1.82, 2.24) is 4.90 Å². The minimum absolute atomic E-state index is 0.0193. The Morgan fingerprint density at radius 2 is 1.94 bits per heavy atom. The Morgan fingerprint density at radius 1 is 1.27 bits per heavy atom. The lowest BCUT2D eigenvalue weighted by Gasteiger charge is -2.38. The summed E-state index contributed by atoms with van der Waals surface area (Å²) in [7, 11) is 0. The number of rotatable bonds is 8. The molecule has 0 aromatic heterocycles. The van der Waals surface area contributed by atoms with Gasteiger partial charge >= 0.3 is 6.18 Å². The van der Waals surface area contributed by atoms with E-state index in [9.17, 15) is 22.8 Å². The van der Waals surface area contributed by atoms with Crippen LogP contribution in [-0.2, 0) is 20.5 Å². The third-order valence-electron chi connectivity index (χ3n) is 5.06. The Bertz CT molecular complexity index is 837. The van der Waals surface area contributed by atoms with E-state index < -0.39 is 29.6 Å². The van der Waals surface area contributed by atoms with Gasteiger partial charge in [0.25, 0.3) is 5.91 Å². The number of nitrogens with one attached hydrogen (secondary N) is 2. The van der Waals surface area contributed by atoms with E-state index in [1.165, 1.54) is 12.1 Å². The van der Waals surface area contributed by atoms with Gasteiger partial charge in [-0.1, -0.05) is 34.6 Å². The van der Waals surface area contributed by atoms with E-state index in [0.29, 0.717) is 13.1 Å². The summed E-state index contributed by atoms with van der Waals surface area (Å²) < 4.78 is 46.4. The van der Waals surface area contributed by atoms with Crippen molar-refractivity contribution in [2.75, 3.05) is 49.6 Å². The average molecular weight is 472 g/mol. The lowest BCUT2D eigenvalue weighted by molar-refractivity contribution is -0.137. The summed E-state index contributed by atoms with van der Waals surface area (Å²) in [6, 6.07) is 2.58. The van der Waals surface area contributed by atoms with E-state index >= 15 is 0 Å². The van der Waals surface area contributed by atoms with Gasteiger partial charge in [-0.3, -0.25) is 14.5 Å². The maximum atomic E-state index is 13.8. The minimum Gasteiger partial charge on any atom is -0.676 e. The topological polar surface area (TPSA) is 85.7 Å². The number of halogens is 3. The Hall–Kier alpha value is -2.17. The zero-order chi connectivity index (χ0) is 25.0. The van der Waals surface area contributed by atoms with Crippen molar-refractivity contribution in [2.24, 2.45) is 11.3 Å². The lowest BCUT2D eigenvalue weighted by Crippen LogP contribution is -2.50. The van der Waals surface area contributed by atoms with Crippen LogP contribution in [0.3, 0.4) is 0 Å². The van der Waals surface area contributed by atoms with Crippen LogP contribution in [0.5, 0.6) is 0 Å². The van der Waals surface area contributed by atoms with Gasteiger partial charge in [-0.25, -0.2) is 0 Å². The number of hydrogen-bond donors (Lipinski definition) is 1. The number of ether oxygens (including phenoxy) is 1. The molecule has 1 aromatic rings. The monoisotopic (exact) mass is 471 g/mol. The second-order valence-corrected chi connectivity index (χ2v) is 9.92. The highest BCUT2D eigenvalue weighted by molar-refractivity contribution is 5.98. The molecular formula is C23H34F3N4O3-. The number of nitrogens with zero attached hydrogens (tertiary/aromatic N) is 2. The third-order valence-corrected chi connectivity index (χ3v) is 5.06. The van der Waals surface area contributed by atoms with Crippen LogP contribution in [0.1, 0.15) is 40.2 Å². The summed E-state index contributed by atoms with van der Waals surface area (Å²) in [6.07, 6.45) is -4.72. The van der Waals surface area contributed by atoms with Crippen molar-refractivity contribution >= 4 is 23.2 Å². The van der Waals surface area contributed by atoms with Crippen molar-refractivity contribution in [3.8, 4) is 0 Å². The van der Waals surface area contributed by atoms with Crippen molar-refractivity contribution in [3.63, 3.8) is 0 Å². The SMILES string of the molecule is CC(C)CN(CC(C)(C)C)[C@@H](C[NH-])C(=O)Nc1ccc(N2CCOCC2=O)c(C(F)(F)F)c1. The van der Waals surface area contributed by atoms with Gasteiger partial charge in [0.2, 0.25) is 5.91 Å². The molecule has 186 valence electrons. The molecule has 1 aliphatic rings. The Morgan fingerprint density at radius 3 is 2.45 bits per heavy atom. The smallest absolute Gasteiger partial charge is 0.418 e. The van der Waals surface area contributed by atoms with Gasteiger partial charge in [-0.05, 0) is 29.5 Å². The highest BCUT2D eigenvalue weighted by Gasteiger charge is 2.37. The molecule has 10 heteroatoms. The van der Waals surface area contributed by atoms with Crippen LogP contribution in [0.4, 0.5) is 24.5 Å². The van der Waals surface area contributed by atoms with E-state index in [-0.39, 0.29) is 49.0 Å². The maximum absolute atomic E-state index is 13.8. The normalized spacial score (nSPS) is 16.5. The number of alkyl halides is 3. The molecule has 1 atom stereocenters. The van der Waals surface area contributed by atoms with Crippen LogP contribution in [0.15, 0.2) is 18.2 Å².